The second-order valence-corrected chi connectivity index (χ2v) is 15.5. The van der Waals surface area contributed by atoms with Gasteiger partial charge in [-0.05, 0) is 62.2 Å². The van der Waals surface area contributed by atoms with Crippen LogP contribution < -0.4 is 0 Å². The van der Waals surface area contributed by atoms with Crippen LogP contribution >= 0.6 is 0 Å². The molecule has 2 aromatic rings. The van der Waals surface area contributed by atoms with Crippen LogP contribution in [-0.4, -0.2) is 0 Å². The van der Waals surface area contributed by atoms with Crippen molar-refractivity contribution in [3.05, 3.63) is 59.7 Å². The Bertz CT molecular complexity index is 924. The van der Waals surface area contributed by atoms with Crippen molar-refractivity contribution in [3.63, 3.8) is 0 Å². The van der Waals surface area contributed by atoms with Crippen LogP contribution in [0.1, 0.15) is 126 Å². The average molecular weight is 475 g/mol. The Balaban J connectivity index is 0.000000214. The Morgan fingerprint density at radius 1 is 0.457 bits per heavy atom. The first kappa shape index (κ1) is 28.0. The summed E-state index contributed by atoms with van der Waals surface area (Å²) in [6.45, 7) is 28.9. The van der Waals surface area contributed by atoms with Gasteiger partial charge in [0.05, 0.1) is 0 Å². The molecule has 0 heteroatoms. The summed E-state index contributed by atoms with van der Waals surface area (Å²) in [5.41, 5.74) is 7.60. The Morgan fingerprint density at radius 2 is 0.800 bits per heavy atom. The number of benzene rings is 2. The highest BCUT2D eigenvalue weighted by Gasteiger charge is 2.57. The SMILES string of the molecule is CC(C)(C)C1(C(C)(C)C)CCCCC1.CC(C)(C)C1(C(C)(C)C)c2ccccc2-c2ccccc21. The second-order valence-electron chi connectivity index (χ2n) is 15.5. The molecule has 0 N–H and O–H groups in total. The maximum Gasteiger partial charge on any atom is 0.0311 e. The largest absolute Gasteiger partial charge is 0.0619 e. The lowest BCUT2D eigenvalue weighted by Gasteiger charge is -2.56. The second kappa shape index (κ2) is 9.08. The molecular weight excluding hydrogens is 420 g/mol. The van der Waals surface area contributed by atoms with Crippen LogP contribution in [0.15, 0.2) is 48.5 Å². The van der Waals surface area contributed by atoms with Gasteiger partial charge in [-0.3, -0.25) is 0 Å². The van der Waals surface area contributed by atoms with E-state index < -0.39 is 0 Å². The van der Waals surface area contributed by atoms with E-state index in [0.717, 1.165) is 0 Å². The van der Waals surface area contributed by atoms with Gasteiger partial charge in [0.2, 0.25) is 0 Å². The van der Waals surface area contributed by atoms with E-state index in [9.17, 15) is 0 Å². The highest BCUT2D eigenvalue weighted by Crippen LogP contribution is 2.64. The molecule has 2 aliphatic rings. The van der Waals surface area contributed by atoms with Gasteiger partial charge in [0.1, 0.15) is 0 Å². The maximum atomic E-state index is 2.43. The van der Waals surface area contributed by atoms with Crippen molar-refractivity contribution >= 4 is 0 Å². The van der Waals surface area contributed by atoms with Gasteiger partial charge in [0, 0.05) is 5.41 Å². The lowest BCUT2D eigenvalue weighted by molar-refractivity contribution is -0.0638. The summed E-state index contributed by atoms with van der Waals surface area (Å²) in [6, 6.07) is 18.0. The van der Waals surface area contributed by atoms with Crippen molar-refractivity contribution in [1.29, 1.82) is 0 Å². The molecule has 0 atom stereocenters. The standard InChI is InChI=1S/C21H26.C14H28/c1-19(2,3)21(20(4,5)6)17-13-9-7-11-15(17)16-12-8-10-14-18(16)21;1-12(2,3)14(13(4,5)6)10-8-7-9-11-14/h7-14H,1-6H3;7-11H2,1-6H3. The van der Waals surface area contributed by atoms with E-state index in [1.807, 2.05) is 0 Å². The molecule has 0 amide bonds. The van der Waals surface area contributed by atoms with Crippen molar-refractivity contribution < 1.29 is 0 Å². The van der Waals surface area contributed by atoms with E-state index in [2.05, 4.69) is 132 Å². The molecule has 0 spiro atoms. The number of hydrogen-bond acceptors (Lipinski definition) is 0. The minimum absolute atomic E-state index is 0.0349. The minimum Gasteiger partial charge on any atom is -0.0619 e. The smallest absolute Gasteiger partial charge is 0.0311 e. The topological polar surface area (TPSA) is 0 Å². The van der Waals surface area contributed by atoms with Crippen molar-refractivity contribution in [1.82, 2.24) is 0 Å². The lowest BCUT2D eigenvalue weighted by Crippen LogP contribution is -2.49. The molecule has 0 bridgehead atoms. The first-order valence-corrected chi connectivity index (χ1v) is 14.1. The summed E-state index contributed by atoms with van der Waals surface area (Å²) in [4.78, 5) is 0. The quantitative estimate of drug-likeness (QED) is 0.356. The Kier molecular flexibility index (Phi) is 7.27. The zero-order chi connectivity index (χ0) is 26.5. The Morgan fingerprint density at radius 3 is 1.09 bits per heavy atom. The number of hydrogen-bond donors (Lipinski definition) is 0. The molecule has 0 saturated heterocycles. The number of fused-ring (bicyclic) bond motifs is 3. The number of rotatable bonds is 0. The molecule has 35 heavy (non-hydrogen) atoms. The molecular formula is C35H54. The van der Waals surface area contributed by atoms with Gasteiger partial charge in [-0.1, -0.05) is 151 Å². The van der Waals surface area contributed by atoms with E-state index in [4.69, 9.17) is 0 Å². The summed E-state index contributed by atoms with van der Waals surface area (Å²) < 4.78 is 0. The van der Waals surface area contributed by atoms with Gasteiger partial charge >= 0.3 is 0 Å². The normalized spacial score (nSPS) is 19.3. The van der Waals surface area contributed by atoms with Crippen molar-refractivity contribution in [3.8, 4) is 11.1 Å². The maximum absolute atomic E-state index is 2.43. The molecule has 194 valence electrons. The summed E-state index contributed by atoms with van der Waals surface area (Å²) in [7, 11) is 0. The van der Waals surface area contributed by atoms with Gasteiger partial charge in [0.25, 0.3) is 0 Å². The first-order valence-electron chi connectivity index (χ1n) is 14.1. The van der Waals surface area contributed by atoms with Gasteiger partial charge in [0.15, 0.2) is 0 Å². The summed E-state index contributed by atoms with van der Waals surface area (Å²) >= 11 is 0. The van der Waals surface area contributed by atoms with Crippen LogP contribution in [0, 0.1) is 27.1 Å². The molecule has 0 heterocycles. The molecule has 4 rings (SSSR count). The van der Waals surface area contributed by atoms with Crippen molar-refractivity contribution in [2.45, 2.75) is 121 Å². The van der Waals surface area contributed by atoms with E-state index in [-0.39, 0.29) is 16.2 Å². The predicted octanol–water partition coefficient (Wildman–Crippen LogP) is 11.1. The Labute approximate surface area is 218 Å². The third kappa shape index (κ3) is 4.42. The molecule has 0 aliphatic heterocycles. The van der Waals surface area contributed by atoms with Crippen LogP contribution in [0.25, 0.3) is 11.1 Å². The molecule has 1 saturated carbocycles. The zero-order valence-corrected chi connectivity index (χ0v) is 25.2. The fraction of sp³-hybridized carbons (Fsp3) is 0.657. The molecule has 0 radical (unpaired) electrons. The minimum atomic E-state index is 0.0349. The molecule has 2 aliphatic carbocycles. The summed E-state index contributed by atoms with van der Waals surface area (Å²) in [5, 5.41) is 0. The molecule has 2 aromatic carbocycles. The molecule has 0 nitrogen and oxygen atoms in total. The predicted molar refractivity (Wildman–Crippen MR) is 156 cm³/mol. The molecule has 0 aromatic heterocycles. The van der Waals surface area contributed by atoms with Gasteiger partial charge in [-0.2, -0.15) is 0 Å². The van der Waals surface area contributed by atoms with Crippen LogP contribution in [-0.2, 0) is 5.41 Å². The fourth-order valence-electron chi connectivity index (χ4n) is 8.76. The van der Waals surface area contributed by atoms with Gasteiger partial charge in [-0.15, -0.1) is 0 Å². The highest BCUT2D eigenvalue weighted by atomic mass is 14.6. The van der Waals surface area contributed by atoms with E-state index >= 15 is 0 Å². The highest BCUT2D eigenvalue weighted by molar-refractivity contribution is 5.82. The zero-order valence-electron chi connectivity index (χ0n) is 25.2. The lowest BCUT2D eigenvalue weighted by atomic mass is 9.49. The summed E-state index contributed by atoms with van der Waals surface area (Å²) in [5.74, 6) is 0. The summed E-state index contributed by atoms with van der Waals surface area (Å²) in [6.07, 6.45) is 7.19. The third-order valence-corrected chi connectivity index (χ3v) is 9.78. The van der Waals surface area contributed by atoms with E-state index in [0.29, 0.717) is 16.2 Å². The Hall–Kier alpha value is -1.56. The van der Waals surface area contributed by atoms with E-state index in [1.54, 1.807) is 0 Å². The van der Waals surface area contributed by atoms with Gasteiger partial charge in [-0.25, -0.2) is 0 Å². The van der Waals surface area contributed by atoms with Crippen molar-refractivity contribution in [2.75, 3.05) is 0 Å². The molecule has 1 fully saturated rings. The third-order valence-electron chi connectivity index (χ3n) is 9.78. The van der Waals surface area contributed by atoms with Gasteiger partial charge < -0.3 is 0 Å². The van der Waals surface area contributed by atoms with E-state index in [1.165, 1.54) is 54.4 Å². The first-order chi connectivity index (χ1) is 15.9. The fourth-order valence-corrected chi connectivity index (χ4v) is 8.76. The van der Waals surface area contributed by atoms with Crippen LogP contribution in [0.5, 0.6) is 0 Å². The van der Waals surface area contributed by atoms with Crippen LogP contribution in [0.4, 0.5) is 0 Å². The average Bonchev–Trinajstić information content (AvgIpc) is 3.05. The monoisotopic (exact) mass is 474 g/mol. The molecule has 0 unspecified atom stereocenters. The van der Waals surface area contributed by atoms with Crippen LogP contribution in [0.2, 0.25) is 0 Å². The van der Waals surface area contributed by atoms with Crippen LogP contribution in [0.3, 0.4) is 0 Å². The van der Waals surface area contributed by atoms with Crippen molar-refractivity contribution in [2.24, 2.45) is 27.1 Å².